The summed E-state index contributed by atoms with van der Waals surface area (Å²) in [4.78, 5) is 0. The van der Waals surface area contributed by atoms with Gasteiger partial charge >= 0.3 is 0 Å². The number of hydrogen-bond acceptors (Lipinski definition) is 2. The Kier molecular flexibility index (Phi) is 2.67. The molecule has 2 nitrogen and oxygen atoms in total. The lowest BCUT2D eigenvalue weighted by atomic mass is 9.89. The summed E-state index contributed by atoms with van der Waals surface area (Å²) in [5.41, 5.74) is 8.93. The van der Waals surface area contributed by atoms with Crippen LogP contribution >= 0.6 is 0 Å². The molecule has 1 aliphatic heterocycles. The van der Waals surface area contributed by atoms with Crippen LogP contribution in [-0.4, -0.2) is 5.60 Å². The largest absolute Gasteiger partial charge is 0.487 e. The molecule has 0 aromatic heterocycles. The van der Waals surface area contributed by atoms with Gasteiger partial charge in [-0.05, 0) is 55.7 Å². The Morgan fingerprint density at radius 2 is 2.06 bits per heavy atom. The minimum Gasteiger partial charge on any atom is -0.487 e. The van der Waals surface area contributed by atoms with Crippen molar-refractivity contribution in [2.45, 2.75) is 51.7 Å². The summed E-state index contributed by atoms with van der Waals surface area (Å²) in [6.45, 7) is 6.56. The first-order valence-electron chi connectivity index (χ1n) is 7.04. The molecule has 0 bridgehead atoms. The fourth-order valence-corrected chi connectivity index (χ4v) is 3.06. The number of hydrogen-bond donors (Lipinski definition) is 1. The second-order valence-corrected chi connectivity index (χ2v) is 6.63. The maximum Gasteiger partial charge on any atom is 0.123 e. The molecule has 2 N–H and O–H groups in total. The van der Waals surface area contributed by atoms with E-state index in [9.17, 15) is 0 Å². The van der Waals surface area contributed by atoms with Crippen LogP contribution in [0.3, 0.4) is 0 Å². The minimum atomic E-state index is -0.0623. The predicted molar refractivity (Wildman–Crippen MR) is 73.7 cm³/mol. The predicted octanol–water partition coefficient (Wildman–Crippen LogP) is 3.45. The molecule has 3 rings (SSSR count). The molecule has 2 atom stereocenters. The Hall–Kier alpha value is -1.02. The minimum absolute atomic E-state index is 0.0623. The summed E-state index contributed by atoms with van der Waals surface area (Å²) in [7, 11) is 0. The van der Waals surface area contributed by atoms with Crippen molar-refractivity contribution < 1.29 is 4.74 Å². The topological polar surface area (TPSA) is 35.2 Å². The van der Waals surface area contributed by atoms with E-state index in [1.165, 1.54) is 24.0 Å². The van der Waals surface area contributed by atoms with Crippen LogP contribution in [0.25, 0.3) is 0 Å². The average molecular weight is 245 g/mol. The highest BCUT2D eigenvalue weighted by Crippen LogP contribution is 2.43. The van der Waals surface area contributed by atoms with Crippen LogP contribution in [0.15, 0.2) is 18.2 Å². The molecule has 1 aromatic carbocycles. The standard InChI is InChI=1S/C16H23NO/c1-10(11-4-5-11)15(17)12-6-7-14-13(8-12)9-16(2,3)18-14/h6-8,10-11,15H,4-5,9,17H2,1-3H3. The number of ether oxygens (including phenoxy) is 1. The highest BCUT2D eigenvalue weighted by Gasteiger charge is 2.34. The van der Waals surface area contributed by atoms with Crippen molar-refractivity contribution in [1.82, 2.24) is 0 Å². The van der Waals surface area contributed by atoms with Gasteiger partial charge in [0.05, 0.1) is 0 Å². The highest BCUT2D eigenvalue weighted by molar-refractivity contribution is 5.42. The first-order valence-corrected chi connectivity index (χ1v) is 7.04. The molecule has 18 heavy (non-hydrogen) atoms. The van der Waals surface area contributed by atoms with Gasteiger partial charge in [0.2, 0.25) is 0 Å². The molecular formula is C16H23NO. The number of rotatable bonds is 3. The van der Waals surface area contributed by atoms with Crippen LogP contribution in [0.5, 0.6) is 5.75 Å². The molecular weight excluding hydrogens is 222 g/mol. The van der Waals surface area contributed by atoms with E-state index >= 15 is 0 Å². The Morgan fingerprint density at radius 1 is 1.33 bits per heavy atom. The van der Waals surface area contributed by atoms with Crippen LogP contribution in [0.4, 0.5) is 0 Å². The van der Waals surface area contributed by atoms with E-state index < -0.39 is 0 Å². The highest BCUT2D eigenvalue weighted by atomic mass is 16.5. The molecule has 2 unspecified atom stereocenters. The van der Waals surface area contributed by atoms with Crippen molar-refractivity contribution in [3.8, 4) is 5.75 Å². The van der Waals surface area contributed by atoms with Crippen molar-refractivity contribution in [1.29, 1.82) is 0 Å². The third-order valence-corrected chi connectivity index (χ3v) is 4.40. The second-order valence-electron chi connectivity index (χ2n) is 6.63. The lowest BCUT2D eigenvalue weighted by molar-refractivity contribution is 0.138. The zero-order valence-corrected chi connectivity index (χ0v) is 11.6. The Morgan fingerprint density at radius 3 is 2.72 bits per heavy atom. The van der Waals surface area contributed by atoms with Crippen LogP contribution in [0.2, 0.25) is 0 Å². The van der Waals surface area contributed by atoms with E-state index in [-0.39, 0.29) is 11.6 Å². The van der Waals surface area contributed by atoms with Crippen molar-refractivity contribution >= 4 is 0 Å². The van der Waals surface area contributed by atoms with Gasteiger partial charge in [-0.2, -0.15) is 0 Å². The molecule has 0 saturated heterocycles. The van der Waals surface area contributed by atoms with Crippen LogP contribution < -0.4 is 10.5 Å². The van der Waals surface area contributed by atoms with Crippen molar-refractivity contribution in [2.75, 3.05) is 0 Å². The van der Waals surface area contributed by atoms with E-state index in [2.05, 4.69) is 39.0 Å². The molecule has 0 radical (unpaired) electrons. The van der Waals surface area contributed by atoms with Gasteiger partial charge in [-0.15, -0.1) is 0 Å². The molecule has 2 heteroatoms. The van der Waals surface area contributed by atoms with Gasteiger partial charge in [0.1, 0.15) is 11.4 Å². The van der Waals surface area contributed by atoms with Gasteiger partial charge in [-0.3, -0.25) is 0 Å². The van der Waals surface area contributed by atoms with Crippen molar-refractivity contribution in [3.63, 3.8) is 0 Å². The van der Waals surface area contributed by atoms with E-state index in [1.807, 2.05) is 0 Å². The number of benzene rings is 1. The van der Waals surface area contributed by atoms with Crippen LogP contribution in [-0.2, 0) is 6.42 Å². The number of nitrogens with two attached hydrogens (primary N) is 1. The maximum atomic E-state index is 6.40. The summed E-state index contributed by atoms with van der Waals surface area (Å²) in [5, 5.41) is 0. The zero-order valence-electron chi connectivity index (χ0n) is 11.6. The van der Waals surface area contributed by atoms with E-state index in [0.717, 1.165) is 18.1 Å². The van der Waals surface area contributed by atoms with Crippen LogP contribution in [0, 0.1) is 11.8 Å². The van der Waals surface area contributed by atoms with Gasteiger partial charge in [0.15, 0.2) is 0 Å². The summed E-state index contributed by atoms with van der Waals surface area (Å²) in [6, 6.07) is 6.67. The lowest BCUT2D eigenvalue weighted by Gasteiger charge is -2.20. The maximum absolute atomic E-state index is 6.40. The van der Waals surface area contributed by atoms with Crippen LogP contribution in [0.1, 0.15) is 50.8 Å². The average Bonchev–Trinajstić information content (AvgIpc) is 3.08. The zero-order chi connectivity index (χ0) is 12.9. The Labute approximate surface area is 110 Å². The Bertz CT molecular complexity index is 462. The first-order chi connectivity index (χ1) is 8.46. The van der Waals surface area contributed by atoms with Gasteiger partial charge in [-0.1, -0.05) is 19.1 Å². The normalized spacial score (nSPS) is 24.2. The summed E-state index contributed by atoms with van der Waals surface area (Å²) < 4.78 is 5.91. The first kappa shape index (κ1) is 12.0. The van der Waals surface area contributed by atoms with Crippen molar-refractivity contribution in [3.05, 3.63) is 29.3 Å². The fraction of sp³-hybridized carbons (Fsp3) is 0.625. The third-order valence-electron chi connectivity index (χ3n) is 4.40. The smallest absolute Gasteiger partial charge is 0.123 e. The SMILES string of the molecule is CC(C1CC1)C(N)c1ccc2c(c1)CC(C)(C)O2. The quantitative estimate of drug-likeness (QED) is 0.885. The summed E-state index contributed by atoms with van der Waals surface area (Å²) in [6.07, 6.45) is 3.70. The number of fused-ring (bicyclic) bond motifs is 1. The Balaban J connectivity index is 1.83. The lowest BCUT2D eigenvalue weighted by Crippen LogP contribution is -2.24. The van der Waals surface area contributed by atoms with Gasteiger partial charge in [0.25, 0.3) is 0 Å². The second kappa shape index (κ2) is 3.99. The van der Waals surface area contributed by atoms with E-state index in [1.54, 1.807) is 0 Å². The molecule has 1 fully saturated rings. The van der Waals surface area contributed by atoms with Gasteiger partial charge < -0.3 is 10.5 Å². The summed E-state index contributed by atoms with van der Waals surface area (Å²) in [5.74, 6) is 2.48. The molecule has 98 valence electrons. The third kappa shape index (κ3) is 2.14. The molecule has 0 amide bonds. The van der Waals surface area contributed by atoms with E-state index in [4.69, 9.17) is 10.5 Å². The molecule has 1 saturated carbocycles. The van der Waals surface area contributed by atoms with E-state index in [0.29, 0.717) is 5.92 Å². The monoisotopic (exact) mass is 245 g/mol. The van der Waals surface area contributed by atoms with Gasteiger partial charge in [-0.25, -0.2) is 0 Å². The molecule has 0 spiro atoms. The van der Waals surface area contributed by atoms with Crippen molar-refractivity contribution in [2.24, 2.45) is 17.6 Å². The summed E-state index contributed by atoms with van der Waals surface area (Å²) >= 11 is 0. The van der Waals surface area contributed by atoms with Gasteiger partial charge in [0, 0.05) is 12.5 Å². The molecule has 2 aliphatic rings. The molecule has 1 aromatic rings. The molecule has 1 heterocycles. The molecule has 1 aliphatic carbocycles. The fourth-order valence-electron chi connectivity index (χ4n) is 3.06.